The zero-order valence-corrected chi connectivity index (χ0v) is 11.0. The standard InChI is InChI=1S/C11H11BrFN3O/c1-16-10(12)9(15-11(16)14)6-3-4-8(17-2)7(13)5-6/h3-5H,1-2H3,(H2,14,15). The number of halogens is 2. The van der Waals surface area contributed by atoms with Gasteiger partial charge in [-0.1, -0.05) is 0 Å². The average molecular weight is 300 g/mol. The molecular formula is C11H11BrFN3O. The van der Waals surface area contributed by atoms with Gasteiger partial charge in [-0.15, -0.1) is 0 Å². The third-order valence-corrected chi connectivity index (χ3v) is 3.39. The maximum absolute atomic E-state index is 13.6. The minimum Gasteiger partial charge on any atom is -0.494 e. The molecule has 1 heterocycles. The van der Waals surface area contributed by atoms with Crippen molar-refractivity contribution in [2.45, 2.75) is 0 Å². The molecule has 0 fully saturated rings. The molecule has 0 saturated carbocycles. The van der Waals surface area contributed by atoms with E-state index in [2.05, 4.69) is 20.9 Å². The van der Waals surface area contributed by atoms with Crippen LogP contribution in [0.1, 0.15) is 0 Å². The lowest BCUT2D eigenvalue weighted by molar-refractivity contribution is 0.386. The van der Waals surface area contributed by atoms with E-state index in [4.69, 9.17) is 10.5 Å². The number of aromatic nitrogens is 2. The molecular weight excluding hydrogens is 289 g/mol. The summed E-state index contributed by atoms with van der Waals surface area (Å²) in [7, 11) is 3.20. The van der Waals surface area contributed by atoms with Crippen molar-refractivity contribution in [3.63, 3.8) is 0 Å². The molecule has 0 atom stereocenters. The minimum atomic E-state index is -0.430. The quantitative estimate of drug-likeness (QED) is 0.927. The van der Waals surface area contributed by atoms with Crippen LogP contribution < -0.4 is 10.5 Å². The first kappa shape index (κ1) is 11.9. The van der Waals surface area contributed by atoms with E-state index in [9.17, 15) is 4.39 Å². The summed E-state index contributed by atoms with van der Waals surface area (Å²) in [5, 5.41) is 0. The summed E-state index contributed by atoms with van der Waals surface area (Å²) < 4.78 is 20.8. The zero-order valence-electron chi connectivity index (χ0n) is 9.37. The van der Waals surface area contributed by atoms with Gasteiger partial charge in [-0.2, -0.15) is 0 Å². The molecule has 4 nitrogen and oxygen atoms in total. The Balaban J connectivity index is 2.53. The van der Waals surface area contributed by atoms with Gasteiger partial charge in [0.15, 0.2) is 11.6 Å². The van der Waals surface area contributed by atoms with E-state index in [0.717, 1.165) is 0 Å². The van der Waals surface area contributed by atoms with E-state index >= 15 is 0 Å². The van der Waals surface area contributed by atoms with Gasteiger partial charge >= 0.3 is 0 Å². The number of imidazole rings is 1. The number of methoxy groups -OCH3 is 1. The van der Waals surface area contributed by atoms with Crippen molar-refractivity contribution in [1.82, 2.24) is 9.55 Å². The van der Waals surface area contributed by atoms with Crippen molar-refractivity contribution in [3.05, 3.63) is 28.6 Å². The first-order valence-corrected chi connectivity index (χ1v) is 5.65. The Morgan fingerprint density at radius 2 is 2.18 bits per heavy atom. The number of hydrogen-bond acceptors (Lipinski definition) is 3. The molecule has 0 aliphatic carbocycles. The molecule has 0 amide bonds. The van der Waals surface area contributed by atoms with Crippen LogP contribution in [0.5, 0.6) is 5.75 Å². The molecule has 1 aromatic heterocycles. The normalized spacial score (nSPS) is 10.6. The van der Waals surface area contributed by atoms with Crippen LogP contribution in [0.25, 0.3) is 11.3 Å². The average Bonchev–Trinajstić information content (AvgIpc) is 2.57. The molecule has 0 aliphatic heterocycles. The Morgan fingerprint density at radius 3 is 2.65 bits per heavy atom. The number of nitrogen functional groups attached to an aromatic ring is 1. The predicted octanol–water partition coefficient (Wildman–Crippen LogP) is 2.58. The number of rotatable bonds is 2. The Hall–Kier alpha value is -1.56. The SMILES string of the molecule is COc1ccc(-c2nc(N)n(C)c2Br)cc1F. The lowest BCUT2D eigenvalue weighted by Gasteiger charge is -2.03. The van der Waals surface area contributed by atoms with Gasteiger partial charge in [-0.25, -0.2) is 9.37 Å². The molecule has 6 heteroatoms. The van der Waals surface area contributed by atoms with Gasteiger partial charge in [-0.3, -0.25) is 0 Å². The highest BCUT2D eigenvalue weighted by Crippen LogP contribution is 2.31. The smallest absolute Gasteiger partial charge is 0.201 e. The molecule has 90 valence electrons. The van der Waals surface area contributed by atoms with Crippen molar-refractivity contribution >= 4 is 21.9 Å². The summed E-state index contributed by atoms with van der Waals surface area (Å²) in [5.41, 5.74) is 6.92. The number of benzene rings is 1. The summed E-state index contributed by atoms with van der Waals surface area (Å²) in [6.07, 6.45) is 0. The zero-order chi connectivity index (χ0) is 12.6. The number of anilines is 1. The molecule has 17 heavy (non-hydrogen) atoms. The second-order valence-corrected chi connectivity index (χ2v) is 4.27. The largest absolute Gasteiger partial charge is 0.494 e. The van der Waals surface area contributed by atoms with Gasteiger partial charge in [0.1, 0.15) is 10.3 Å². The van der Waals surface area contributed by atoms with Crippen LogP contribution in [-0.2, 0) is 7.05 Å². The Kier molecular flexibility index (Phi) is 3.06. The van der Waals surface area contributed by atoms with Crippen molar-refractivity contribution in [3.8, 4) is 17.0 Å². The summed E-state index contributed by atoms with van der Waals surface area (Å²) in [6, 6.07) is 4.65. The van der Waals surface area contributed by atoms with E-state index in [1.165, 1.54) is 13.2 Å². The summed E-state index contributed by atoms with van der Waals surface area (Å²) in [6.45, 7) is 0. The van der Waals surface area contributed by atoms with Gasteiger partial charge in [0, 0.05) is 12.6 Å². The summed E-state index contributed by atoms with van der Waals surface area (Å²) >= 11 is 3.36. The van der Waals surface area contributed by atoms with Crippen LogP contribution in [0.2, 0.25) is 0 Å². The molecule has 0 bridgehead atoms. The van der Waals surface area contributed by atoms with E-state index in [1.54, 1.807) is 23.7 Å². The fourth-order valence-electron chi connectivity index (χ4n) is 1.49. The van der Waals surface area contributed by atoms with Gasteiger partial charge in [0.25, 0.3) is 0 Å². The highest BCUT2D eigenvalue weighted by atomic mass is 79.9. The second-order valence-electron chi connectivity index (χ2n) is 3.52. The molecule has 0 saturated heterocycles. The molecule has 0 unspecified atom stereocenters. The Labute approximate surface area is 106 Å². The molecule has 2 N–H and O–H groups in total. The fraction of sp³-hybridized carbons (Fsp3) is 0.182. The first-order valence-electron chi connectivity index (χ1n) is 4.86. The Morgan fingerprint density at radius 1 is 1.47 bits per heavy atom. The molecule has 0 radical (unpaired) electrons. The van der Waals surface area contributed by atoms with Gasteiger partial charge in [0.05, 0.1) is 7.11 Å². The summed E-state index contributed by atoms with van der Waals surface area (Å²) in [5.74, 6) is 0.137. The monoisotopic (exact) mass is 299 g/mol. The first-order chi connectivity index (χ1) is 8.04. The van der Waals surface area contributed by atoms with Gasteiger partial charge in [0.2, 0.25) is 5.95 Å². The predicted molar refractivity (Wildman–Crippen MR) is 67.3 cm³/mol. The van der Waals surface area contributed by atoms with Crippen molar-refractivity contribution in [2.75, 3.05) is 12.8 Å². The Bertz CT molecular complexity index is 568. The molecule has 2 rings (SSSR count). The molecule has 0 spiro atoms. The van der Waals surface area contributed by atoms with E-state index in [1.807, 2.05) is 0 Å². The van der Waals surface area contributed by atoms with Gasteiger partial charge < -0.3 is 15.0 Å². The van der Waals surface area contributed by atoms with Crippen LogP contribution >= 0.6 is 15.9 Å². The maximum Gasteiger partial charge on any atom is 0.201 e. The van der Waals surface area contributed by atoms with E-state index in [0.29, 0.717) is 21.8 Å². The van der Waals surface area contributed by atoms with Crippen LogP contribution in [0.4, 0.5) is 10.3 Å². The van der Waals surface area contributed by atoms with Crippen molar-refractivity contribution in [2.24, 2.45) is 7.05 Å². The van der Waals surface area contributed by atoms with E-state index < -0.39 is 5.82 Å². The van der Waals surface area contributed by atoms with Crippen LogP contribution in [0.3, 0.4) is 0 Å². The molecule has 0 aliphatic rings. The lowest BCUT2D eigenvalue weighted by atomic mass is 10.1. The number of nitrogens with zero attached hydrogens (tertiary/aromatic N) is 2. The maximum atomic E-state index is 13.6. The van der Waals surface area contributed by atoms with Crippen LogP contribution in [0, 0.1) is 5.82 Å². The third-order valence-electron chi connectivity index (χ3n) is 2.49. The van der Waals surface area contributed by atoms with Crippen molar-refractivity contribution < 1.29 is 9.13 Å². The fourth-order valence-corrected chi connectivity index (χ4v) is 1.99. The van der Waals surface area contributed by atoms with Crippen LogP contribution in [-0.4, -0.2) is 16.7 Å². The highest BCUT2D eigenvalue weighted by Gasteiger charge is 2.14. The lowest BCUT2D eigenvalue weighted by Crippen LogP contribution is -1.96. The van der Waals surface area contributed by atoms with E-state index in [-0.39, 0.29) is 5.75 Å². The highest BCUT2D eigenvalue weighted by molar-refractivity contribution is 9.10. The number of ether oxygens (including phenoxy) is 1. The number of nitrogens with two attached hydrogens (primary N) is 1. The number of hydrogen-bond donors (Lipinski definition) is 1. The topological polar surface area (TPSA) is 53.1 Å². The molecule has 1 aromatic carbocycles. The van der Waals surface area contributed by atoms with Crippen molar-refractivity contribution in [1.29, 1.82) is 0 Å². The molecule has 2 aromatic rings. The second kappa shape index (κ2) is 4.37. The minimum absolute atomic E-state index is 0.203. The summed E-state index contributed by atoms with van der Waals surface area (Å²) in [4.78, 5) is 4.16. The van der Waals surface area contributed by atoms with Gasteiger partial charge in [-0.05, 0) is 34.1 Å². The van der Waals surface area contributed by atoms with Crippen LogP contribution in [0.15, 0.2) is 22.8 Å². The third kappa shape index (κ3) is 2.00.